The monoisotopic (exact) mass is 1270 g/mol. The minimum Gasteiger partial charge on any atom is -0.379 e. The van der Waals surface area contributed by atoms with Gasteiger partial charge in [-0.1, -0.05) is 69.2 Å². The molecule has 0 unspecified atom stereocenters. The third-order valence-corrected chi connectivity index (χ3v) is 23.4. The molecule has 6 aromatic rings. The standard InChI is InChI=1S/C63H82F6O8S6/c1-13-59(14-2,76-37-35-74-33-31-72-29-27-70-17-5)51-25-21-45(80-51)55-41(39-47(82-55)43-19-23-49(78-43)57(7,8)9)53-54(62(66,67)63(68,69)61(53,64)65)42-40-48(44-20-24-50(79-44)58(10,11)12)83-56(42)46-22-26-52(81-46)60(15-3,16-4)77-38-36-75-34-32-73-30-28-71-18-6/h19-26,39-40H,13-18,27-38H2,1-12H3. The van der Waals surface area contributed by atoms with Gasteiger partial charge in [-0.3, -0.25) is 0 Å². The largest absolute Gasteiger partial charge is 0.380 e. The molecule has 6 heterocycles. The summed E-state index contributed by atoms with van der Waals surface area (Å²) in [4.78, 5) is 7.27. The molecule has 0 fully saturated rings. The highest BCUT2D eigenvalue weighted by Crippen LogP contribution is 2.68. The topological polar surface area (TPSA) is 73.8 Å². The maximum atomic E-state index is 17.6. The summed E-state index contributed by atoms with van der Waals surface area (Å²) in [7, 11) is 0. The zero-order valence-electron chi connectivity index (χ0n) is 50.0. The van der Waals surface area contributed by atoms with Crippen molar-refractivity contribution in [3.63, 3.8) is 0 Å². The molecule has 0 amide bonds. The minimum absolute atomic E-state index is 0.186. The molecule has 6 aromatic heterocycles. The van der Waals surface area contributed by atoms with Gasteiger partial charge in [-0.05, 0) is 111 Å². The number of thiophene rings is 6. The summed E-state index contributed by atoms with van der Waals surface area (Å²) >= 11 is 7.77. The second kappa shape index (κ2) is 29.0. The summed E-state index contributed by atoms with van der Waals surface area (Å²) in [5.41, 5.74) is -5.67. The Morgan fingerprint density at radius 3 is 0.940 bits per heavy atom. The third kappa shape index (κ3) is 15.0. The Hall–Kier alpha value is -2.80. The van der Waals surface area contributed by atoms with Gasteiger partial charge in [0.1, 0.15) is 11.2 Å². The van der Waals surface area contributed by atoms with Gasteiger partial charge in [0.05, 0.1) is 89.0 Å². The van der Waals surface area contributed by atoms with Gasteiger partial charge >= 0.3 is 17.8 Å². The Morgan fingerprint density at radius 1 is 0.349 bits per heavy atom. The average molecular weight is 1270 g/mol. The summed E-state index contributed by atoms with van der Waals surface area (Å²) in [6.45, 7) is 29.9. The molecule has 460 valence electrons. The van der Waals surface area contributed by atoms with Crippen molar-refractivity contribution in [1.82, 2.24) is 0 Å². The van der Waals surface area contributed by atoms with Crippen LogP contribution in [0, 0.1) is 0 Å². The van der Waals surface area contributed by atoms with E-state index in [4.69, 9.17) is 37.9 Å². The van der Waals surface area contributed by atoms with Crippen molar-refractivity contribution in [1.29, 1.82) is 0 Å². The first-order valence-electron chi connectivity index (χ1n) is 28.7. The highest BCUT2D eigenvalue weighted by atomic mass is 32.1. The van der Waals surface area contributed by atoms with Crippen LogP contribution in [0.5, 0.6) is 0 Å². The molecule has 0 aliphatic heterocycles. The molecule has 0 radical (unpaired) electrons. The fourth-order valence-electron chi connectivity index (χ4n) is 9.86. The molecular weight excluding hydrogens is 1190 g/mol. The fraction of sp³-hybridized carbons (Fsp3) is 0.587. The van der Waals surface area contributed by atoms with Crippen LogP contribution in [0.15, 0.2) is 60.7 Å². The van der Waals surface area contributed by atoms with E-state index in [-0.39, 0.29) is 58.1 Å². The van der Waals surface area contributed by atoms with Crippen LogP contribution in [-0.4, -0.2) is 110 Å². The van der Waals surface area contributed by atoms with Crippen LogP contribution in [0.25, 0.3) is 50.2 Å². The molecule has 8 nitrogen and oxygen atoms in total. The maximum absolute atomic E-state index is 17.6. The van der Waals surface area contributed by atoms with Gasteiger partial charge in [-0.2, -0.15) is 26.3 Å². The van der Waals surface area contributed by atoms with Gasteiger partial charge in [0.15, 0.2) is 0 Å². The molecule has 83 heavy (non-hydrogen) atoms. The Kier molecular flexibility index (Phi) is 23.7. The quantitative estimate of drug-likeness (QED) is 0.0292. The maximum Gasteiger partial charge on any atom is 0.380 e. The van der Waals surface area contributed by atoms with Gasteiger partial charge in [0.2, 0.25) is 0 Å². The van der Waals surface area contributed by atoms with E-state index in [1.54, 1.807) is 12.1 Å². The SMILES string of the molecule is CCOCCOCCOCCOC(CC)(CC)c1ccc(-c2sc(-c3ccc(C(C)(C)C)s3)cc2C2=C(c3cc(-c4ccc(C(C)(C)C)s4)sc3-c3ccc(C(CC)(CC)OCCOCCOCCOCC)s3)C(F)(F)C(F)(F)C2(F)F)s1. The van der Waals surface area contributed by atoms with Crippen LogP contribution >= 0.6 is 68.0 Å². The van der Waals surface area contributed by atoms with Gasteiger partial charge in [0.25, 0.3) is 0 Å². The van der Waals surface area contributed by atoms with Crippen LogP contribution in [0.3, 0.4) is 0 Å². The van der Waals surface area contributed by atoms with Crippen molar-refractivity contribution in [2.75, 3.05) is 92.5 Å². The van der Waals surface area contributed by atoms with Crippen LogP contribution < -0.4 is 0 Å². The van der Waals surface area contributed by atoms with Crippen LogP contribution in [-0.2, 0) is 59.9 Å². The lowest BCUT2D eigenvalue weighted by Crippen LogP contribution is -2.48. The zero-order chi connectivity index (χ0) is 60.4. The van der Waals surface area contributed by atoms with Gasteiger partial charge in [0, 0.05) is 84.3 Å². The summed E-state index contributed by atoms with van der Waals surface area (Å²) in [6.07, 6.45) is 2.18. The Labute approximate surface area is 511 Å². The predicted molar refractivity (Wildman–Crippen MR) is 334 cm³/mol. The molecule has 0 bridgehead atoms. The molecule has 0 spiro atoms. The highest BCUT2D eigenvalue weighted by molar-refractivity contribution is 7.27. The van der Waals surface area contributed by atoms with Crippen LogP contribution in [0.4, 0.5) is 26.3 Å². The van der Waals surface area contributed by atoms with Gasteiger partial charge in [-0.25, -0.2) is 0 Å². The zero-order valence-corrected chi connectivity index (χ0v) is 54.9. The number of rotatable bonds is 34. The molecule has 0 saturated carbocycles. The van der Waals surface area contributed by atoms with E-state index >= 15 is 26.3 Å². The Bertz CT molecular complexity index is 2820. The van der Waals surface area contributed by atoms with Crippen molar-refractivity contribution in [2.45, 2.75) is 149 Å². The van der Waals surface area contributed by atoms with Crippen LogP contribution in [0.1, 0.15) is 139 Å². The lowest BCUT2D eigenvalue weighted by molar-refractivity contribution is -0.254. The molecule has 0 atom stereocenters. The van der Waals surface area contributed by atoms with Gasteiger partial charge < -0.3 is 37.9 Å². The molecule has 20 heteroatoms. The van der Waals surface area contributed by atoms with Crippen molar-refractivity contribution in [3.05, 3.63) is 91.3 Å². The predicted octanol–water partition coefficient (Wildman–Crippen LogP) is 19.4. The second-order valence-electron chi connectivity index (χ2n) is 22.3. The van der Waals surface area contributed by atoms with Crippen molar-refractivity contribution >= 4 is 79.2 Å². The molecule has 1 aliphatic carbocycles. The van der Waals surface area contributed by atoms with E-state index < -0.39 is 40.1 Å². The van der Waals surface area contributed by atoms with E-state index in [1.807, 2.05) is 77.9 Å². The number of hydrogen-bond donors (Lipinski definition) is 0. The van der Waals surface area contributed by atoms with Crippen molar-refractivity contribution in [3.8, 4) is 39.0 Å². The van der Waals surface area contributed by atoms with E-state index in [1.165, 1.54) is 57.5 Å². The van der Waals surface area contributed by atoms with E-state index in [0.29, 0.717) is 121 Å². The lowest BCUT2D eigenvalue weighted by Gasteiger charge is -2.31. The smallest absolute Gasteiger partial charge is 0.379 e. The number of ether oxygens (including phenoxy) is 8. The van der Waals surface area contributed by atoms with Crippen LogP contribution in [0.2, 0.25) is 0 Å². The highest BCUT2D eigenvalue weighted by Gasteiger charge is 2.80. The third-order valence-electron chi connectivity index (χ3n) is 14.8. The molecule has 7 rings (SSSR count). The van der Waals surface area contributed by atoms with E-state index in [0.717, 1.165) is 42.2 Å². The molecular formula is C63H82F6O8S6. The number of halogens is 6. The van der Waals surface area contributed by atoms with E-state index in [2.05, 4.69) is 41.5 Å². The normalized spacial score (nSPS) is 15.6. The first-order chi connectivity index (χ1) is 39.4. The summed E-state index contributed by atoms with van der Waals surface area (Å²) in [5.74, 6) is -16.5. The molecule has 0 N–H and O–H groups in total. The fourth-order valence-corrected chi connectivity index (χ4v) is 17.3. The molecule has 0 aromatic carbocycles. The van der Waals surface area contributed by atoms with Crippen molar-refractivity contribution < 1.29 is 64.2 Å². The number of allylic oxidation sites excluding steroid dienone is 2. The average Bonchev–Trinajstić information content (AvgIpc) is 1.61. The van der Waals surface area contributed by atoms with E-state index in [9.17, 15) is 0 Å². The lowest BCUT2D eigenvalue weighted by atomic mass is 9.93. The number of hydrogen-bond acceptors (Lipinski definition) is 14. The second-order valence-corrected chi connectivity index (χ2v) is 28.7. The number of alkyl halides is 6. The van der Waals surface area contributed by atoms with Gasteiger partial charge in [-0.15, -0.1) is 68.0 Å². The minimum atomic E-state index is -5.81. The summed E-state index contributed by atoms with van der Waals surface area (Å²) in [6, 6.07) is 17.8. The molecule has 1 aliphatic rings. The summed E-state index contributed by atoms with van der Waals surface area (Å²) in [5, 5.41) is 0. The Morgan fingerprint density at radius 2 is 0.639 bits per heavy atom. The first-order valence-corrected chi connectivity index (χ1v) is 33.6. The Balaban J connectivity index is 1.36. The first kappa shape index (κ1) is 67.7. The summed E-state index contributed by atoms with van der Waals surface area (Å²) < 4.78 is 151. The molecule has 0 saturated heterocycles. The van der Waals surface area contributed by atoms with Crippen molar-refractivity contribution in [2.24, 2.45) is 0 Å².